The molecule has 0 aliphatic heterocycles. The van der Waals surface area contributed by atoms with Crippen LogP contribution in [0.3, 0.4) is 0 Å². The van der Waals surface area contributed by atoms with E-state index in [-0.39, 0.29) is 11.7 Å². The summed E-state index contributed by atoms with van der Waals surface area (Å²) in [4.78, 5) is 1.70. The molecule has 0 amide bonds. The van der Waals surface area contributed by atoms with Crippen LogP contribution in [0.25, 0.3) is 0 Å². The molecule has 5 heteroatoms. The molecule has 19 heavy (non-hydrogen) atoms. The number of methoxy groups -OCH3 is 1. The van der Waals surface area contributed by atoms with Gasteiger partial charge in [-0.2, -0.15) is 0 Å². The van der Waals surface area contributed by atoms with Crippen molar-refractivity contribution in [2.24, 2.45) is 0 Å². The van der Waals surface area contributed by atoms with Gasteiger partial charge in [0.15, 0.2) is 0 Å². The van der Waals surface area contributed by atoms with Crippen LogP contribution < -0.4 is 10.2 Å². The highest BCUT2D eigenvalue weighted by atomic mass is 19.1. The van der Waals surface area contributed by atoms with Crippen LogP contribution in [0.5, 0.6) is 0 Å². The summed E-state index contributed by atoms with van der Waals surface area (Å²) >= 11 is 0. The molecule has 0 radical (unpaired) electrons. The van der Waals surface area contributed by atoms with Crippen LogP contribution in [0.4, 0.5) is 14.5 Å². The van der Waals surface area contributed by atoms with Crippen molar-refractivity contribution >= 4 is 5.69 Å². The predicted molar refractivity (Wildman–Crippen MR) is 71.4 cm³/mol. The van der Waals surface area contributed by atoms with Crippen LogP contribution in [-0.2, 0) is 11.3 Å². The fourth-order valence-electron chi connectivity index (χ4n) is 2.11. The second-order valence-corrected chi connectivity index (χ2v) is 4.92. The van der Waals surface area contributed by atoms with Gasteiger partial charge in [0.1, 0.15) is 17.3 Å². The van der Waals surface area contributed by atoms with Crippen molar-refractivity contribution in [1.29, 1.82) is 0 Å². The number of rotatable bonds is 7. The Balaban J connectivity index is 2.03. The lowest BCUT2D eigenvalue weighted by Gasteiger charge is -2.20. The fraction of sp³-hybridized carbons (Fsp3) is 0.571. The Bertz CT molecular complexity index is 412. The van der Waals surface area contributed by atoms with Gasteiger partial charge in [-0.3, -0.25) is 0 Å². The SMILES string of the molecule is COCCNCc1cc(F)c(N(C)C2CC2)c(F)c1. The van der Waals surface area contributed by atoms with Gasteiger partial charge in [-0.05, 0) is 30.5 Å². The van der Waals surface area contributed by atoms with Crippen molar-refractivity contribution in [3.8, 4) is 0 Å². The quantitative estimate of drug-likeness (QED) is 0.769. The molecule has 1 fully saturated rings. The van der Waals surface area contributed by atoms with Crippen LogP contribution in [0.1, 0.15) is 18.4 Å². The maximum absolute atomic E-state index is 14.0. The third-order valence-corrected chi connectivity index (χ3v) is 3.34. The van der Waals surface area contributed by atoms with E-state index in [1.807, 2.05) is 0 Å². The number of hydrogen-bond donors (Lipinski definition) is 1. The number of hydrogen-bond acceptors (Lipinski definition) is 3. The van der Waals surface area contributed by atoms with Crippen molar-refractivity contribution < 1.29 is 13.5 Å². The molecule has 0 aromatic heterocycles. The molecular weight excluding hydrogens is 250 g/mol. The summed E-state index contributed by atoms with van der Waals surface area (Å²) in [7, 11) is 3.36. The van der Waals surface area contributed by atoms with Gasteiger partial charge < -0.3 is 15.0 Å². The van der Waals surface area contributed by atoms with E-state index in [0.717, 1.165) is 12.8 Å². The zero-order valence-corrected chi connectivity index (χ0v) is 11.4. The minimum Gasteiger partial charge on any atom is -0.383 e. The molecule has 3 nitrogen and oxygen atoms in total. The van der Waals surface area contributed by atoms with Crippen molar-refractivity contribution in [3.05, 3.63) is 29.3 Å². The first-order chi connectivity index (χ1) is 9.13. The summed E-state index contributed by atoms with van der Waals surface area (Å²) in [5.74, 6) is -0.976. The van der Waals surface area contributed by atoms with Crippen LogP contribution in [-0.4, -0.2) is 33.4 Å². The maximum atomic E-state index is 14.0. The zero-order valence-electron chi connectivity index (χ0n) is 11.4. The average molecular weight is 270 g/mol. The van der Waals surface area contributed by atoms with Gasteiger partial charge in [0.25, 0.3) is 0 Å². The fourth-order valence-corrected chi connectivity index (χ4v) is 2.11. The van der Waals surface area contributed by atoms with Gasteiger partial charge in [-0.15, -0.1) is 0 Å². The van der Waals surface area contributed by atoms with Gasteiger partial charge in [0.05, 0.1) is 6.61 Å². The second-order valence-electron chi connectivity index (χ2n) is 4.92. The van der Waals surface area contributed by atoms with Gasteiger partial charge in [-0.25, -0.2) is 8.78 Å². The lowest BCUT2D eigenvalue weighted by molar-refractivity contribution is 0.199. The Morgan fingerprint density at radius 2 is 1.95 bits per heavy atom. The molecule has 0 atom stereocenters. The highest BCUT2D eigenvalue weighted by Crippen LogP contribution is 2.33. The first kappa shape index (κ1) is 14.2. The number of nitrogens with one attached hydrogen (secondary N) is 1. The van der Waals surface area contributed by atoms with Crippen LogP contribution >= 0.6 is 0 Å². The Morgan fingerprint density at radius 1 is 1.32 bits per heavy atom. The molecule has 0 bridgehead atoms. The highest BCUT2D eigenvalue weighted by Gasteiger charge is 2.29. The molecule has 1 saturated carbocycles. The summed E-state index contributed by atoms with van der Waals surface area (Å²) < 4.78 is 32.9. The van der Waals surface area contributed by atoms with E-state index in [2.05, 4.69) is 5.32 Å². The van der Waals surface area contributed by atoms with Crippen LogP contribution in [0, 0.1) is 11.6 Å². The molecule has 1 aliphatic rings. The highest BCUT2D eigenvalue weighted by molar-refractivity contribution is 5.51. The second kappa shape index (κ2) is 6.30. The summed E-state index contributed by atoms with van der Waals surface area (Å²) in [6.07, 6.45) is 2.02. The Kier molecular flexibility index (Phi) is 4.71. The van der Waals surface area contributed by atoms with E-state index >= 15 is 0 Å². The molecule has 0 spiro atoms. The molecule has 106 valence electrons. The van der Waals surface area contributed by atoms with Gasteiger partial charge >= 0.3 is 0 Å². The molecule has 1 aromatic rings. The number of nitrogens with zero attached hydrogens (tertiary/aromatic N) is 1. The first-order valence-electron chi connectivity index (χ1n) is 6.54. The van der Waals surface area contributed by atoms with E-state index in [4.69, 9.17) is 4.74 Å². The average Bonchev–Trinajstić information content (AvgIpc) is 3.18. The molecule has 0 heterocycles. The smallest absolute Gasteiger partial charge is 0.149 e. The topological polar surface area (TPSA) is 24.5 Å². The molecule has 1 aromatic carbocycles. The lowest BCUT2D eigenvalue weighted by Crippen LogP contribution is -2.23. The van der Waals surface area contributed by atoms with Gasteiger partial charge in [0, 0.05) is 33.3 Å². The maximum Gasteiger partial charge on any atom is 0.149 e. The summed E-state index contributed by atoms with van der Waals surface area (Å²) in [6.45, 7) is 1.67. The monoisotopic (exact) mass is 270 g/mol. The lowest BCUT2D eigenvalue weighted by atomic mass is 10.1. The predicted octanol–water partition coefficient (Wildman–Crippen LogP) is 2.30. The van der Waals surface area contributed by atoms with Crippen molar-refractivity contribution in [2.75, 3.05) is 32.2 Å². The van der Waals surface area contributed by atoms with E-state index in [9.17, 15) is 8.78 Å². The number of benzene rings is 1. The third kappa shape index (κ3) is 3.64. The summed E-state index contributed by atoms with van der Waals surface area (Å²) in [6, 6.07) is 3.09. The Hall–Kier alpha value is -1.20. The molecule has 0 saturated heterocycles. The number of halogens is 2. The minimum absolute atomic E-state index is 0.0862. The standard InChI is InChI=1S/C14H20F2N2O/c1-18(11-3-4-11)14-12(15)7-10(8-13(14)16)9-17-5-6-19-2/h7-8,11,17H,3-6,9H2,1-2H3. The van der Waals surface area contributed by atoms with E-state index in [0.29, 0.717) is 25.3 Å². The molecule has 0 unspecified atom stereocenters. The number of anilines is 1. The number of ether oxygens (including phenoxy) is 1. The van der Waals surface area contributed by atoms with Gasteiger partial charge in [-0.1, -0.05) is 0 Å². The van der Waals surface area contributed by atoms with Crippen LogP contribution in [0.2, 0.25) is 0 Å². The molecular formula is C14H20F2N2O. The Labute approximate surface area is 112 Å². The van der Waals surface area contributed by atoms with Crippen LogP contribution in [0.15, 0.2) is 12.1 Å². The van der Waals surface area contributed by atoms with Crippen molar-refractivity contribution in [1.82, 2.24) is 5.32 Å². The van der Waals surface area contributed by atoms with E-state index in [1.165, 1.54) is 12.1 Å². The summed E-state index contributed by atoms with van der Waals surface area (Å²) in [5.41, 5.74) is 0.696. The minimum atomic E-state index is -0.488. The van der Waals surface area contributed by atoms with Crippen molar-refractivity contribution in [3.63, 3.8) is 0 Å². The van der Waals surface area contributed by atoms with Crippen molar-refractivity contribution in [2.45, 2.75) is 25.4 Å². The Morgan fingerprint density at radius 3 is 2.47 bits per heavy atom. The molecule has 2 rings (SSSR count). The molecule has 1 N–H and O–H groups in total. The first-order valence-corrected chi connectivity index (χ1v) is 6.54. The third-order valence-electron chi connectivity index (χ3n) is 3.34. The summed E-state index contributed by atoms with van der Waals surface area (Å²) in [5, 5.41) is 3.07. The normalized spacial score (nSPS) is 14.7. The zero-order chi connectivity index (χ0) is 13.8. The van der Waals surface area contributed by atoms with Gasteiger partial charge in [0.2, 0.25) is 0 Å². The largest absolute Gasteiger partial charge is 0.383 e. The van der Waals surface area contributed by atoms with E-state index in [1.54, 1.807) is 19.1 Å². The molecule has 1 aliphatic carbocycles. The van der Waals surface area contributed by atoms with E-state index < -0.39 is 11.6 Å².